The molecule has 0 radical (unpaired) electrons. The van der Waals surface area contributed by atoms with Gasteiger partial charge in [-0.1, -0.05) is 19.4 Å². The van der Waals surface area contributed by atoms with Crippen molar-refractivity contribution in [3.05, 3.63) is 11.6 Å². The third-order valence-electron chi connectivity index (χ3n) is 7.21. The van der Waals surface area contributed by atoms with Gasteiger partial charge in [0.05, 0.1) is 32.4 Å². The van der Waals surface area contributed by atoms with Crippen molar-refractivity contribution in [1.29, 1.82) is 0 Å². The molecule has 3 fully saturated rings. The van der Waals surface area contributed by atoms with Crippen LogP contribution in [0.5, 0.6) is 0 Å². The molecular formula is C19H33N2O3S+. The SMILES string of the molecule is CC(C)=CC[N+](C)(C)CC(=O)N1[C@H]2C[C@@H]3CC[C@@]2(CS1(=O)=O)C3(C)C. The fraction of sp³-hybridized carbons (Fsp3) is 0.842. The Kier molecular flexibility index (Phi) is 4.20. The van der Waals surface area contributed by atoms with E-state index in [1.807, 2.05) is 27.9 Å². The van der Waals surface area contributed by atoms with Gasteiger partial charge in [-0.15, -0.1) is 0 Å². The zero-order valence-electron chi connectivity index (χ0n) is 16.5. The van der Waals surface area contributed by atoms with Crippen LogP contribution in [0.3, 0.4) is 0 Å². The molecule has 0 aromatic carbocycles. The third-order valence-corrected chi connectivity index (χ3v) is 9.15. The molecule has 0 aromatic rings. The second kappa shape index (κ2) is 5.56. The van der Waals surface area contributed by atoms with Crippen molar-refractivity contribution in [2.45, 2.75) is 53.0 Å². The largest absolute Gasteiger partial charge is 0.317 e. The second-order valence-electron chi connectivity index (χ2n) is 9.87. The molecule has 0 N–H and O–H groups in total. The molecule has 5 nitrogen and oxygen atoms in total. The van der Waals surface area contributed by atoms with Gasteiger partial charge in [0.15, 0.2) is 6.54 Å². The second-order valence-corrected chi connectivity index (χ2v) is 11.7. The van der Waals surface area contributed by atoms with Gasteiger partial charge in [0.25, 0.3) is 5.91 Å². The van der Waals surface area contributed by atoms with Crippen LogP contribution in [0.4, 0.5) is 0 Å². The number of allylic oxidation sites excluding steroid dienone is 1. The summed E-state index contributed by atoms with van der Waals surface area (Å²) in [6.07, 6.45) is 4.99. The average molecular weight is 370 g/mol. The standard InChI is InChI=1S/C19H33N2O3S/c1-14(2)8-10-21(5,6)12-17(22)20-16-11-15-7-9-19(16,18(15,3)4)13-25(20,23)24/h8,15-16H,7,9-13H2,1-6H3/q+1/t15-,16-,19-/m0/s1. The number of rotatable bonds is 4. The zero-order chi connectivity index (χ0) is 18.8. The predicted octanol–water partition coefficient (Wildman–Crippen LogP) is 2.40. The topological polar surface area (TPSA) is 54.5 Å². The molecular weight excluding hydrogens is 336 g/mol. The molecule has 0 unspecified atom stereocenters. The Hall–Kier alpha value is -0.880. The van der Waals surface area contributed by atoms with Crippen molar-refractivity contribution in [2.24, 2.45) is 16.7 Å². The number of sulfonamides is 1. The van der Waals surface area contributed by atoms with Crippen molar-refractivity contribution in [3.63, 3.8) is 0 Å². The van der Waals surface area contributed by atoms with Crippen molar-refractivity contribution in [3.8, 4) is 0 Å². The van der Waals surface area contributed by atoms with Crippen LogP contribution in [-0.4, -0.2) is 62.1 Å². The lowest BCUT2D eigenvalue weighted by Gasteiger charge is -2.37. The Bertz CT molecular complexity index is 719. The first-order chi connectivity index (χ1) is 11.3. The summed E-state index contributed by atoms with van der Waals surface area (Å²) in [6, 6.07) is -0.123. The Balaban J connectivity index is 1.85. The molecule has 25 heavy (non-hydrogen) atoms. The molecule has 3 atom stereocenters. The van der Waals surface area contributed by atoms with Crippen LogP contribution < -0.4 is 0 Å². The molecule has 0 aromatic heterocycles. The van der Waals surface area contributed by atoms with E-state index in [9.17, 15) is 13.2 Å². The van der Waals surface area contributed by atoms with E-state index >= 15 is 0 Å². The summed E-state index contributed by atoms with van der Waals surface area (Å²) >= 11 is 0. The summed E-state index contributed by atoms with van der Waals surface area (Å²) in [5.74, 6) is 0.468. The molecule has 1 spiro atoms. The highest BCUT2D eigenvalue weighted by Gasteiger charge is 2.72. The zero-order valence-corrected chi connectivity index (χ0v) is 17.3. The molecule has 1 heterocycles. The van der Waals surface area contributed by atoms with Crippen LogP contribution in [0.25, 0.3) is 0 Å². The first-order valence-corrected chi connectivity index (χ1v) is 10.9. The maximum Gasteiger partial charge on any atom is 0.291 e. The number of fused-ring (bicyclic) bond motifs is 1. The van der Waals surface area contributed by atoms with E-state index in [2.05, 4.69) is 19.9 Å². The van der Waals surface area contributed by atoms with Gasteiger partial charge in [-0.05, 0) is 50.5 Å². The number of carbonyl (C=O) groups is 1. The number of likely N-dealkylation sites (N-methyl/N-ethyl adjacent to an activating group) is 1. The summed E-state index contributed by atoms with van der Waals surface area (Å²) in [5.41, 5.74) is 0.983. The lowest BCUT2D eigenvalue weighted by atomic mass is 9.69. The van der Waals surface area contributed by atoms with Gasteiger partial charge in [0, 0.05) is 5.41 Å². The van der Waals surface area contributed by atoms with Crippen LogP contribution in [0.2, 0.25) is 0 Å². The summed E-state index contributed by atoms with van der Waals surface area (Å²) in [5, 5.41) is 0. The molecule has 3 aliphatic rings. The van der Waals surface area contributed by atoms with Crippen LogP contribution in [0, 0.1) is 16.7 Å². The molecule has 1 saturated heterocycles. The highest BCUT2D eigenvalue weighted by atomic mass is 32.2. The Labute approximate surface area is 152 Å². The van der Waals surface area contributed by atoms with Crippen molar-refractivity contribution >= 4 is 15.9 Å². The first-order valence-electron chi connectivity index (χ1n) is 9.33. The fourth-order valence-electron chi connectivity index (χ4n) is 5.55. The van der Waals surface area contributed by atoms with Crippen molar-refractivity contribution in [2.75, 3.05) is 32.9 Å². The number of amides is 1. The monoisotopic (exact) mass is 369 g/mol. The molecule has 3 rings (SSSR count). The molecule has 2 bridgehead atoms. The minimum Gasteiger partial charge on any atom is -0.317 e. The fourth-order valence-corrected chi connectivity index (χ4v) is 8.09. The van der Waals surface area contributed by atoms with Gasteiger partial charge in [0.1, 0.15) is 0 Å². The van der Waals surface area contributed by atoms with Crippen molar-refractivity contribution in [1.82, 2.24) is 4.31 Å². The van der Waals surface area contributed by atoms with Gasteiger partial charge in [-0.2, -0.15) is 0 Å². The number of quaternary nitrogens is 1. The van der Waals surface area contributed by atoms with Crippen molar-refractivity contribution < 1.29 is 17.7 Å². The minimum absolute atomic E-state index is 0.00615. The Morgan fingerprint density at radius 1 is 1.28 bits per heavy atom. The highest BCUT2D eigenvalue weighted by Crippen LogP contribution is 2.69. The highest BCUT2D eigenvalue weighted by molar-refractivity contribution is 7.90. The minimum atomic E-state index is -3.51. The van der Waals surface area contributed by atoms with Gasteiger partial charge in [0.2, 0.25) is 10.0 Å². The number of hydrogen-bond donors (Lipinski definition) is 0. The Morgan fingerprint density at radius 3 is 2.48 bits per heavy atom. The van der Waals surface area contributed by atoms with Gasteiger partial charge >= 0.3 is 0 Å². The molecule has 6 heteroatoms. The van der Waals surface area contributed by atoms with E-state index in [1.54, 1.807) is 0 Å². The Morgan fingerprint density at radius 2 is 1.92 bits per heavy atom. The van der Waals surface area contributed by atoms with E-state index in [0.29, 0.717) is 10.4 Å². The smallest absolute Gasteiger partial charge is 0.291 e. The van der Waals surface area contributed by atoms with Crippen LogP contribution >= 0.6 is 0 Å². The van der Waals surface area contributed by atoms with E-state index in [-0.39, 0.29) is 35.1 Å². The van der Waals surface area contributed by atoms with Gasteiger partial charge < -0.3 is 4.48 Å². The maximum atomic E-state index is 13.1. The lowest BCUT2D eigenvalue weighted by molar-refractivity contribution is -0.876. The average Bonchev–Trinajstić information content (AvgIpc) is 2.91. The number of carbonyl (C=O) groups excluding carboxylic acids is 1. The van der Waals surface area contributed by atoms with E-state index in [0.717, 1.165) is 25.8 Å². The quantitative estimate of drug-likeness (QED) is 0.565. The molecule has 2 saturated carbocycles. The normalized spacial score (nSPS) is 34.9. The van der Waals surface area contributed by atoms with E-state index in [1.165, 1.54) is 9.88 Å². The van der Waals surface area contributed by atoms with Gasteiger partial charge in [-0.3, -0.25) is 4.79 Å². The molecule has 2 aliphatic carbocycles. The summed E-state index contributed by atoms with van der Waals surface area (Å²) in [6.45, 7) is 9.44. The molecule has 142 valence electrons. The predicted molar refractivity (Wildman–Crippen MR) is 99.2 cm³/mol. The molecule has 1 amide bonds. The molecule has 1 aliphatic heterocycles. The van der Waals surface area contributed by atoms with E-state index < -0.39 is 10.0 Å². The number of hydrogen-bond acceptors (Lipinski definition) is 3. The van der Waals surface area contributed by atoms with Crippen LogP contribution in [-0.2, 0) is 14.8 Å². The number of nitrogens with zero attached hydrogens (tertiary/aromatic N) is 2. The van der Waals surface area contributed by atoms with Crippen LogP contribution in [0.15, 0.2) is 11.6 Å². The van der Waals surface area contributed by atoms with Crippen LogP contribution in [0.1, 0.15) is 47.0 Å². The van der Waals surface area contributed by atoms with E-state index in [4.69, 9.17) is 0 Å². The van der Waals surface area contributed by atoms with Gasteiger partial charge in [-0.25, -0.2) is 12.7 Å². The lowest BCUT2D eigenvalue weighted by Crippen LogP contribution is -2.52. The summed E-state index contributed by atoms with van der Waals surface area (Å²) in [4.78, 5) is 13.1. The summed E-state index contributed by atoms with van der Waals surface area (Å²) < 4.78 is 27.6. The maximum absolute atomic E-state index is 13.1. The summed E-state index contributed by atoms with van der Waals surface area (Å²) in [7, 11) is 0.468. The first kappa shape index (κ1) is 18.9. The third kappa shape index (κ3) is 2.76.